The molecule has 1 aliphatic carbocycles. The zero-order chi connectivity index (χ0) is 10.8. The van der Waals surface area contributed by atoms with Crippen LogP contribution in [-0.2, 0) is 0 Å². The Kier molecular flexibility index (Phi) is 2.62. The van der Waals surface area contributed by atoms with Crippen LogP contribution in [0.4, 0.5) is 0 Å². The van der Waals surface area contributed by atoms with E-state index in [9.17, 15) is 4.79 Å². The van der Waals surface area contributed by atoms with Crippen LogP contribution in [0.3, 0.4) is 0 Å². The Hall–Kier alpha value is -1.52. The first-order chi connectivity index (χ1) is 7.24. The van der Waals surface area contributed by atoms with Crippen LogP contribution in [0.2, 0.25) is 0 Å². The molecule has 0 aliphatic heterocycles. The van der Waals surface area contributed by atoms with Gasteiger partial charge in [-0.1, -0.05) is 12.8 Å². The smallest absolute Gasteiger partial charge is 0.271 e. The van der Waals surface area contributed by atoms with Crippen molar-refractivity contribution in [3.05, 3.63) is 17.7 Å². The van der Waals surface area contributed by atoms with Crippen molar-refractivity contribution in [3.8, 4) is 0 Å². The second kappa shape index (κ2) is 3.92. The molecule has 0 radical (unpaired) electrons. The molecule has 1 aromatic heterocycles. The predicted octanol–water partition coefficient (Wildman–Crippen LogP) is 0.614. The van der Waals surface area contributed by atoms with Gasteiger partial charge in [0.25, 0.3) is 5.91 Å². The van der Waals surface area contributed by atoms with Crippen molar-refractivity contribution in [1.82, 2.24) is 15.0 Å². The van der Waals surface area contributed by atoms with Crippen molar-refractivity contribution in [2.45, 2.75) is 31.6 Å². The summed E-state index contributed by atoms with van der Waals surface area (Å²) in [6.45, 7) is 0. The number of nitrogens with two attached hydrogens (primary N) is 1. The molecule has 0 saturated heterocycles. The molecule has 82 valence electrons. The van der Waals surface area contributed by atoms with Crippen molar-refractivity contribution in [3.63, 3.8) is 0 Å². The average Bonchev–Trinajstić information content (AvgIpc) is 2.85. The van der Waals surface area contributed by atoms with Gasteiger partial charge in [0.2, 0.25) is 0 Å². The van der Waals surface area contributed by atoms with Gasteiger partial charge in [-0.05, 0) is 12.8 Å². The van der Waals surface area contributed by atoms with E-state index in [1.807, 2.05) is 0 Å². The number of amides is 1. The van der Waals surface area contributed by atoms with E-state index in [0.29, 0.717) is 11.6 Å². The summed E-state index contributed by atoms with van der Waals surface area (Å²) in [4.78, 5) is 15.7. The highest BCUT2D eigenvalue weighted by molar-refractivity contribution is 5.92. The van der Waals surface area contributed by atoms with E-state index in [-0.39, 0.29) is 5.91 Å². The molecule has 0 aromatic carbocycles. The minimum atomic E-state index is -0.186. The number of carbonyl (C=O) groups is 1. The van der Waals surface area contributed by atoms with Crippen LogP contribution in [0.1, 0.15) is 47.9 Å². The fourth-order valence-corrected chi connectivity index (χ4v) is 2.16. The molecule has 1 amide bonds. The number of nitrogen functional groups attached to an aromatic ring is 1. The zero-order valence-corrected chi connectivity index (χ0v) is 8.86. The molecule has 0 atom stereocenters. The van der Waals surface area contributed by atoms with Crippen molar-refractivity contribution < 1.29 is 4.79 Å². The largest absolute Gasteiger partial charge is 0.354 e. The maximum absolute atomic E-state index is 11.4. The van der Waals surface area contributed by atoms with Crippen LogP contribution in [0, 0.1) is 0 Å². The second-order valence-electron chi connectivity index (χ2n) is 3.93. The molecular weight excluding hydrogens is 192 g/mol. The summed E-state index contributed by atoms with van der Waals surface area (Å²) in [5, 5.41) is 2.55. The standard InChI is InChI=1S/C10H16N4O/c1-12-10(15)8-6-13-9(14(8)11)7-4-2-3-5-7/h6-7H,2-5,11H2,1H3,(H,12,15). The van der Waals surface area contributed by atoms with Gasteiger partial charge in [0.05, 0.1) is 6.20 Å². The van der Waals surface area contributed by atoms with E-state index in [1.165, 1.54) is 17.5 Å². The fraction of sp³-hybridized carbons (Fsp3) is 0.600. The number of hydrogen-bond acceptors (Lipinski definition) is 3. The number of aromatic nitrogens is 2. The van der Waals surface area contributed by atoms with Crippen LogP contribution in [-0.4, -0.2) is 22.6 Å². The summed E-state index contributed by atoms with van der Waals surface area (Å²) in [6.07, 6.45) is 6.26. The molecular formula is C10H16N4O. The predicted molar refractivity (Wildman–Crippen MR) is 57.0 cm³/mol. The van der Waals surface area contributed by atoms with Crippen molar-refractivity contribution in [2.24, 2.45) is 0 Å². The lowest BCUT2D eigenvalue weighted by Crippen LogP contribution is -2.26. The molecule has 5 heteroatoms. The number of rotatable bonds is 2. The van der Waals surface area contributed by atoms with E-state index in [4.69, 9.17) is 5.84 Å². The summed E-state index contributed by atoms with van der Waals surface area (Å²) >= 11 is 0. The zero-order valence-electron chi connectivity index (χ0n) is 8.86. The Morgan fingerprint density at radius 3 is 2.87 bits per heavy atom. The molecule has 0 unspecified atom stereocenters. The molecule has 1 fully saturated rings. The maximum atomic E-state index is 11.4. The van der Waals surface area contributed by atoms with Crippen LogP contribution in [0.15, 0.2) is 6.20 Å². The fourth-order valence-electron chi connectivity index (χ4n) is 2.16. The minimum absolute atomic E-state index is 0.186. The third-order valence-corrected chi connectivity index (χ3v) is 3.01. The van der Waals surface area contributed by atoms with Gasteiger partial charge in [-0.25, -0.2) is 9.66 Å². The van der Waals surface area contributed by atoms with Crippen LogP contribution in [0.25, 0.3) is 0 Å². The Bertz CT molecular complexity index is 365. The van der Waals surface area contributed by atoms with Crippen LogP contribution in [0.5, 0.6) is 0 Å². The third kappa shape index (κ3) is 1.69. The quantitative estimate of drug-likeness (QED) is 0.699. The molecule has 1 saturated carbocycles. The first-order valence-corrected chi connectivity index (χ1v) is 5.29. The van der Waals surface area contributed by atoms with Gasteiger partial charge in [0.1, 0.15) is 11.5 Å². The molecule has 1 aliphatic rings. The number of hydrogen-bond donors (Lipinski definition) is 2. The Labute approximate surface area is 88.6 Å². The average molecular weight is 208 g/mol. The van der Waals surface area contributed by atoms with Gasteiger partial charge < -0.3 is 11.2 Å². The monoisotopic (exact) mass is 208 g/mol. The highest BCUT2D eigenvalue weighted by Crippen LogP contribution is 2.32. The summed E-state index contributed by atoms with van der Waals surface area (Å²) in [6, 6.07) is 0. The van der Waals surface area contributed by atoms with E-state index < -0.39 is 0 Å². The summed E-state index contributed by atoms with van der Waals surface area (Å²) in [5.74, 6) is 6.93. The van der Waals surface area contributed by atoms with Gasteiger partial charge in [-0.3, -0.25) is 4.79 Å². The minimum Gasteiger partial charge on any atom is -0.354 e. The molecule has 1 aromatic rings. The number of nitrogens with one attached hydrogen (secondary N) is 1. The summed E-state index contributed by atoms with van der Waals surface area (Å²) in [7, 11) is 1.59. The van der Waals surface area contributed by atoms with Crippen LogP contribution >= 0.6 is 0 Å². The van der Waals surface area contributed by atoms with Gasteiger partial charge in [-0.15, -0.1) is 0 Å². The Morgan fingerprint density at radius 1 is 1.60 bits per heavy atom. The lowest BCUT2D eigenvalue weighted by molar-refractivity contribution is 0.0955. The molecule has 0 bridgehead atoms. The number of carbonyl (C=O) groups excluding carboxylic acids is 1. The van der Waals surface area contributed by atoms with E-state index in [1.54, 1.807) is 13.2 Å². The molecule has 5 nitrogen and oxygen atoms in total. The SMILES string of the molecule is CNC(=O)c1cnc(C2CCCC2)n1N. The lowest BCUT2D eigenvalue weighted by Gasteiger charge is -2.09. The first kappa shape index (κ1) is 10.0. The Morgan fingerprint density at radius 2 is 2.27 bits per heavy atom. The molecule has 3 N–H and O–H groups in total. The van der Waals surface area contributed by atoms with Crippen molar-refractivity contribution >= 4 is 5.91 Å². The van der Waals surface area contributed by atoms with Gasteiger partial charge in [-0.2, -0.15) is 0 Å². The molecule has 1 heterocycles. The molecule has 2 rings (SSSR count). The first-order valence-electron chi connectivity index (χ1n) is 5.29. The summed E-state index contributed by atoms with van der Waals surface area (Å²) < 4.78 is 1.43. The second-order valence-corrected chi connectivity index (χ2v) is 3.93. The highest BCUT2D eigenvalue weighted by Gasteiger charge is 2.23. The number of imidazole rings is 1. The Balaban J connectivity index is 2.26. The normalized spacial score (nSPS) is 16.9. The van der Waals surface area contributed by atoms with Crippen molar-refractivity contribution in [1.29, 1.82) is 0 Å². The van der Waals surface area contributed by atoms with Crippen molar-refractivity contribution in [2.75, 3.05) is 12.9 Å². The van der Waals surface area contributed by atoms with E-state index in [2.05, 4.69) is 10.3 Å². The van der Waals surface area contributed by atoms with E-state index in [0.717, 1.165) is 18.7 Å². The number of nitrogens with zero attached hydrogens (tertiary/aromatic N) is 2. The topological polar surface area (TPSA) is 72.9 Å². The lowest BCUT2D eigenvalue weighted by atomic mass is 10.1. The highest BCUT2D eigenvalue weighted by atomic mass is 16.1. The maximum Gasteiger partial charge on any atom is 0.271 e. The summed E-state index contributed by atoms with van der Waals surface area (Å²) in [5.41, 5.74) is 0.430. The van der Waals surface area contributed by atoms with Gasteiger partial charge >= 0.3 is 0 Å². The van der Waals surface area contributed by atoms with Gasteiger partial charge in [0.15, 0.2) is 0 Å². The third-order valence-electron chi connectivity index (χ3n) is 3.01. The molecule has 15 heavy (non-hydrogen) atoms. The van der Waals surface area contributed by atoms with Crippen LogP contribution < -0.4 is 11.2 Å². The molecule has 0 spiro atoms. The van der Waals surface area contributed by atoms with E-state index >= 15 is 0 Å². The van der Waals surface area contributed by atoms with Gasteiger partial charge in [0, 0.05) is 13.0 Å².